The van der Waals surface area contributed by atoms with Crippen LogP contribution in [-0.4, -0.2) is 16.9 Å². The zero-order valence-electron chi connectivity index (χ0n) is 12.3. The van der Waals surface area contributed by atoms with Crippen LogP contribution in [0.2, 0.25) is 0 Å². The van der Waals surface area contributed by atoms with Crippen molar-refractivity contribution in [2.45, 2.75) is 13.0 Å². The molecule has 0 aliphatic carbocycles. The molecule has 2 rings (SSSR count). The first-order valence-electron chi connectivity index (χ1n) is 6.65. The molecule has 24 heavy (non-hydrogen) atoms. The van der Waals surface area contributed by atoms with E-state index in [1.807, 2.05) is 0 Å². The standard InChI is InChI=1S/C15H11F3N2O4/c1-8(24-10-4-2-9(3-5-10)20(22)23)15(21)19-12-7-6-11(16)13(17)14(12)18/h2-8H,1H3,(H,19,21)/t8-/m0/s1. The Kier molecular flexibility index (Phi) is 5.02. The lowest BCUT2D eigenvalue weighted by Crippen LogP contribution is -2.30. The lowest BCUT2D eigenvalue weighted by Gasteiger charge is -2.15. The Morgan fingerprint density at radius 1 is 1.12 bits per heavy atom. The first-order valence-corrected chi connectivity index (χ1v) is 6.65. The number of nitro groups is 1. The van der Waals surface area contributed by atoms with Crippen molar-refractivity contribution in [2.24, 2.45) is 0 Å². The first-order chi connectivity index (χ1) is 11.3. The number of nitro benzene ring substituents is 1. The van der Waals surface area contributed by atoms with Gasteiger partial charge in [0.2, 0.25) is 0 Å². The van der Waals surface area contributed by atoms with Gasteiger partial charge in [0.05, 0.1) is 10.6 Å². The summed E-state index contributed by atoms with van der Waals surface area (Å²) in [4.78, 5) is 21.9. The summed E-state index contributed by atoms with van der Waals surface area (Å²) < 4.78 is 44.7. The van der Waals surface area contributed by atoms with E-state index < -0.39 is 40.1 Å². The van der Waals surface area contributed by atoms with Gasteiger partial charge in [-0.25, -0.2) is 13.2 Å². The molecule has 0 unspecified atom stereocenters. The van der Waals surface area contributed by atoms with Gasteiger partial charge in [-0.05, 0) is 31.2 Å². The van der Waals surface area contributed by atoms with Gasteiger partial charge in [0.1, 0.15) is 5.75 Å². The summed E-state index contributed by atoms with van der Waals surface area (Å²) in [6, 6.07) is 6.52. The highest BCUT2D eigenvalue weighted by Gasteiger charge is 2.20. The van der Waals surface area contributed by atoms with Gasteiger partial charge >= 0.3 is 0 Å². The molecule has 9 heteroatoms. The third kappa shape index (κ3) is 3.80. The summed E-state index contributed by atoms with van der Waals surface area (Å²) in [5, 5.41) is 12.6. The lowest BCUT2D eigenvalue weighted by molar-refractivity contribution is -0.384. The van der Waals surface area contributed by atoms with Crippen molar-refractivity contribution >= 4 is 17.3 Å². The van der Waals surface area contributed by atoms with Crippen molar-refractivity contribution in [3.63, 3.8) is 0 Å². The maximum atomic E-state index is 13.5. The predicted molar refractivity (Wildman–Crippen MR) is 78.1 cm³/mol. The van der Waals surface area contributed by atoms with Gasteiger partial charge < -0.3 is 10.1 Å². The molecule has 2 aromatic rings. The molecule has 0 spiro atoms. The van der Waals surface area contributed by atoms with Crippen molar-refractivity contribution in [1.82, 2.24) is 0 Å². The Labute approximate surface area is 134 Å². The molecule has 6 nitrogen and oxygen atoms in total. The fourth-order valence-corrected chi connectivity index (χ4v) is 1.76. The molecule has 1 N–H and O–H groups in total. The predicted octanol–water partition coefficient (Wildman–Crippen LogP) is 3.42. The number of nitrogens with zero attached hydrogens (tertiary/aromatic N) is 1. The topological polar surface area (TPSA) is 81.5 Å². The van der Waals surface area contributed by atoms with E-state index in [0.717, 1.165) is 6.07 Å². The molecule has 0 aliphatic heterocycles. The van der Waals surface area contributed by atoms with Crippen molar-refractivity contribution in [3.8, 4) is 5.75 Å². The molecule has 0 heterocycles. The third-order valence-electron chi connectivity index (χ3n) is 3.02. The lowest BCUT2D eigenvalue weighted by atomic mass is 10.2. The summed E-state index contributed by atoms with van der Waals surface area (Å²) in [6.45, 7) is 1.34. The Balaban J connectivity index is 2.04. The molecule has 0 saturated heterocycles. The van der Waals surface area contributed by atoms with Crippen molar-refractivity contribution < 1.29 is 27.6 Å². The second kappa shape index (κ2) is 6.99. The highest BCUT2D eigenvalue weighted by Crippen LogP contribution is 2.21. The number of benzene rings is 2. The fraction of sp³-hybridized carbons (Fsp3) is 0.133. The van der Waals surface area contributed by atoms with Crippen LogP contribution in [-0.2, 0) is 4.79 Å². The van der Waals surface area contributed by atoms with Gasteiger partial charge in [0.15, 0.2) is 23.6 Å². The summed E-state index contributed by atoms with van der Waals surface area (Å²) in [5.74, 6) is -5.23. The number of rotatable bonds is 5. The number of anilines is 1. The molecule has 0 fully saturated rings. The zero-order chi connectivity index (χ0) is 17.9. The first kappa shape index (κ1) is 17.3. The molecule has 2 aromatic carbocycles. The Bertz CT molecular complexity index is 781. The van der Waals surface area contributed by atoms with E-state index in [4.69, 9.17) is 4.74 Å². The van der Waals surface area contributed by atoms with Crippen LogP contribution >= 0.6 is 0 Å². The van der Waals surface area contributed by atoms with Crippen LogP contribution in [0.3, 0.4) is 0 Å². The SMILES string of the molecule is C[C@H](Oc1ccc([N+](=O)[O-])cc1)C(=O)Nc1ccc(F)c(F)c1F. The van der Waals surface area contributed by atoms with Crippen molar-refractivity contribution in [2.75, 3.05) is 5.32 Å². The number of ether oxygens (including phenoxy) is 1. The highest BCUT2D eigenvalue weighted by atomic mass is 19.2. The van der Waals surface area contributed by atoms with E-state index in [2.05, 4.69) is 5.32 Å². The van der Waals surface area contributed by atoms with Crippen molar-refractivity contribution in [3.05, 3.63) is 64.0 Å². The second-order valence-corrected chi connectivity index (χ2v) is 4.72. The summed E-state index contributed by atoms with van der Waals surface area (Å²) >= 11 is 0. The summed E-state index contributed by atoms with van der Waals surface area (Å²) in [7, 11) is 0. The third-order valence-corrected chi connectivity index (χ3v) is 3.02. The molecule has 0 radical (unpaired) electrons. The van der Waals surface area contributed by atoms with Crippen LogP contribution in [0.25, 0.3) is 0 Å². The molecule has 1 atom stereocenters. The number of nitrogens with one attached hydrogen (secondary N) is 1. The molecule has 0 aliphatic rings. The minimum Gasteiger partial charge on any atom is -0.481 e. The average Bonchev–Trinajstić information content (AvgIpc) is 2.55. The van der Waals surface area contributed by atoms with Gasteiger partial charge in [-0.15, -0.1) is 0 Å². The highest BCUT2D eigenvalue weighted by molar-refractivity contribution is 5.94. The van der Waals surface area contributed by atoms with E-state index in [9.17, 15) is 28.1 Å². The molecule has 126 valence electrons. The quantitative estimate of drug-likeness (QED) is 0.514. The fourth-order valence-electron chi connectivity index (χ4n) is 1.76. The number of hydrogen-bond donors (Lipinski definition) is 1. The number of amides is 1. The van der Waals surface area contributed by atoms with Gasteiger partial charge in [-0.1, -0.05) is 0 Å². The molecular weight excluding hydrogens is 329 g/mol. The van der Waals surface area contributed by atoms with E-state index in [-0.39, 0.29) is 11.4 Å². The van der Waals surface area contributed by atoms with Gasteiger partial charge in [0, 0.05) is 12.1 Å². The summed E-state index contributed by atoms with van der Waals surface area (Å²) in [6.07, 6.45) is -1.11. The van der Waals surface area contributed by atoms with Gasteiger partial charge in [-0.3, -0.25) is 14.9 Å². The van der Waals surface area contributed by atoms with Crippen molar-refractivity contribution in [1.29, 1.82) is 0 Å². The Morgan fingerprint density at radius 3 is 2.33 bits per heavy atom. The zero-order valence-corrected chi connectivity index (χ0v) is 12.3. The minimum absolute atomic E-state index is 0.150. The number of hydrogen-bond acceptors (Lipinski definition) is 4. The Morgan fingerprint density at radius 2 is 1.75 bits per heavy atom. The molecule has 0 aromatic heterocycles. The van der Waals surface area contributed by atoms with Gasteiger partial charge in [0.25, 0.3) is 11.6 Å². The largest absolute Gasteiger partial charge is 0.481 e. The smallest absolute Gasteiger partial charge is 0.269 e. The molecule has 0 bridgehead atoms. The number of halogens is 3. The monoisotopic (exact) mass is 340 g/mol. The molecule has 1 amide bonds. The van der Waals surface area contributed by atoms with Crippen LogP contribution in [0.1, 0.15) is 6.92 Å². The maximum absolute atomic E-state index is 13.5. The van der Waals surface area contributed by atoms with E-state index in [1.165, 1.54) is 31.2 Å². The van der Waals surface area contributed by atoms with Crippen LogP contribution < -0.4 is 10.1 Å². The normalized spacial score (nSPS) is 11.7. The molecular formula is C15H11F3N2O4. The number of carbonyl (C=O) groups is 1. The van der Waals surface area contributed by atoms with E-state index in [1.54, 1.807) is 0 Å². The van der Waals surface area contributed by atoms with Crippen LogP contribution in [0.5, 0.6) is 5.75 Å². The number of carbonyl (C=O) groups excluding carboxylic acids is 1. The van der Waals surface area contributed by atoms with Crippen LogP contribution in [0, 0.1) is 27.6 Å². The minimum atomic E-state index is -1.70. The maximum Gasteiger partial charge on any atom is 0.269 e. The second-order valence-electron chi connectivity index (χ2n) is 4.72. The Hall–Kier alpha value is -3.10. The van der Waals surface area contributed by atoms with Crippen LogP contribution in [0.15, 0.2) is 36.4 Å². The van der Waals surface area contributed by atoms with Crippen LogP contribution in [0.4, 0.5) is 24.5 Å². The van der Waals surface area contributed by atoms with Gasteiger partial charge in [-0.2, -0.15) is 0 Å². The summed E-state index contributed by atoms with van der Waals surface area (Å²) in [5.41, 5.74) is -0.679. The molecule has 0 saturated carbocycles. The average molecular weight is 340 g/mol. The van der Waals surface area contributed by atoms with E-state index in [0.29, 0.717) is 6.07 Å². The van der Waals surface area contributed by atoms with E-state index >= 15 is 0 Å². The number of non-ortho nitro benzene ring substituents is 1.